The van der Waals surface area contributed by atoms with Gasteiger partial charge in [0.05, 0.1) is 12.7 Å². The Hall–Kier alpha value is -2.00. The molecular weight excluding hydrogens is 240 g/mol. The van der Waals surface area contributed by atoms with Crippen LogP contribution in [0.5, 0.6) is 11.5 Å². The van der Waals surface area contributed by atoms with Gasteiger partial charge in [-0.1, -0.05) is 24.3 Å². The minimum Gasteiger partial charge on any atom is -0.508 e. The van der Waals surface area contributed by atoms with E-state index >= 15 is 0 Å². The average Bonchev–Trinajstić information content (AvgIpc) is 2.39. The van der Waals surface area contributed by atoms with Crippen LogP contribution in [-0.2, 0) is 12.0 Å². The highest BCUT2D eigenvalue weighted by Gasteiger charge is 2.23. The molecule has 0 radical (unpaired) electrons. The zero-order chi connectivity index (χ0) is 13.9. The molecule has 100 valence electrons. The molecular formula is C16H18O3. The smallest absolute Gasteiger partial charge is 0.119 e. The predicted octanol–water partition coefficient (Wildman–Crippen LogP) is 2.85. The second-order valence-electron chi connectivity index (χ2n) is 4.85. The van der Waals surface area contributed by atoms with Crippen LogP contribution in [0.1, 0.15) is 18.1 Å². The van der Waals surface area contributed by atoms with Crippen molar-refractivity contribution in [2.75, 3.05) is 7.11 Å². The van der Waals surface area contributed by atoms with E-state index in [1.807, 2.05) is 24.3 Å². The molecule has 3 nitrogen and oxygen atoms in total. The highest BCUT2D eigenvalue weighted by atomic mass is 16.5. The van der Waals surface area contributed by atoms with Crippen LogP contribution in [-0.4, -0.2) is 17.3 Å². The number of aromatic hydroxyl groups is 1. The molecule has 0 aliphatic rings. The van der Waals surface area contributed by atoms with Crippen molar-refractivity contribution in [1.29, 1.82) is 0 Å². The Bertz CT molecular complexity index is 544. The summed E-state index contributed by atoms with van der Waals surface area (Å²) in [5, 5.41) is 19.9. The molecule has 0 spiro atoms. The summed E-state index contributed by atoms with van der Waals surface area (Å²) in [5.41, 5.74) is 0.783. The molecule has 0 saturated carbocycles. The predicted molar refractivity (Wildman–Crippen MR) is 74.4 cm³/mol. The van der Waals surface area contributed by atoms with Crippen LogP contribution >= 0.6 is 0 Å². The summed E-state index contributed by atoms with van der Waals surface area (Å²) in [6.45, 7) is 1.76. The lowest BCUT2D eigenvalue weighted by molar-refractivity contribution is 0.0575. The van der Waals surface area contributed by atoms with E-state index < -0.39 is 5.60 Å². The van der Waals surface area contributed by atoms with Crippen molar-refractivity contribution in [2.45, 2.75) is 18.9 Å². The normalized spacial score (nSPS) is 13.8. The van der Waals surface area contributed by atoms with Crippen molar-refractivity contribution < 1.29 is 14.9 Å². The van der Waals surface area contributed by atoms with Crippen LogP contribution < -0.4 is 4.74 Å². The number of rotatable bonds is 4. The van der Waals surface area contributed by atoms with Gasteiger partial charge in [0.25, 0.3) is 0 Å². The molecule has 1 unspecified atom stereocenters. The van der Waals surface area contributed by atoms with Gasteiger partial charge in [-0.15, -0.1) is 0 Å². The first-order valence-electron chi connectivity index (χ1n) is 6.16. The Morgan fingerprint density at radius 1 is 1.11 bits per heavy atom. The summed E-state index contributed by atoms with van der Waals surface area (Å²) >= 11 is 0. The summed E-state index contributed by atoms with van der Waals surface area (Å²) in [6, 6.07) is 14.3. The summed E-state index contributed by atoms with van der Waals surface area (Å²) in [5.74, 6) is 0.972. The molecule has 0 aliphatic carbocycles. The number of aliphatic hydroxyl groups is 1. The van der Waals surface area contributed by atoms with Crippen LogP contribution in [0, 0.1) is 0 Å². The highest BCUT2D eigenvalue weighted by Crippen LogP contribution is 2.27. The van der Waals surface area contributed by atoms with Crippen molar-refractivity contribution in [3.05, 3.63) is 59.7 Å². The van der Waals surface area contributed by atoms with Gasteiger partial charge in [-0.25, -0.2) is 0 Å². The molecule has 0 aromatic heterocycles. The second-order valence-corrected chi connectivity index (χ2v) is 4.85. The molecule has 3 heteroatoms. The van der Waals surface area contributed by atoms with Gasteiger partial charge >= 0.3 is 0 Å². The van der Waals surface area contributed by atoms with Crippen LogP contribution in [0.3, 0.4) is 0 Å². The van der Waals surface area contributed by atoms with E-state index in [4.69, 9.17) is 4.74 Å². The van der Waals surface area contributed by atoms with Gasteiger partial charge in [0.1, 0.15) is 11.5 Å². The second kappa shape index (κ2) is 5.33. The lowest BCUT2D eigenvalue weighted by atomic mass is 9.89. The van der Waals surface area contributed by atoms with Gasteiger partial charge in [0.15, 0.2) is 0 Å². The minimum atomic E-state index is -0.986. The van der Waals surface area contributed by atoms with Crippen LogP contribution in [0.2, 0.25) is 0 Å². The van der Waals surface area contributed by atoms with Gasteiger partial charge in [-0.05, 0) is 42.3 Å². The number of hydrogen-bond acceptors (Lipinski definition) is 3. The first kappa shape index (κ1) is 13.4. The third-order valence-corrected chi connectivity index (χ3v) is 3.17. The zero-order valence-electron chi connectivity index (χ0n) is 11.1. The SMILES string of the molecule is COc1cccc(CC(C)(O)c2ccc(O)cc2)c1. The molecule has 0 amide bonds. The number of benzene rings is 2. The topological polar surface area (TPSA) is 49.7 Å². The van der Waals surface area contributed by atoms with E-state index in [0.29, 0.717) is 6.42 Å². The number of hydrogen-bond donors (Lipinski definition) is 2. The fourth-order valence-corrected chi connectivity index (χ4v) is 2.10. The van der Waals surface area contributed by atoms with Crippen LogP contribution in [0.4, 0.5) is 0 Å². The van der Waals surface area contributed by atoms with Gasteiger partial charge < -0.3 is 14.9 Å². The monoisotopic (exact) mass is 258 g/mol. The standard InChI is InChI=1S/C16H18O3/c1-16(18,13-6-8-14(17)9-7-13)11-12-4-3-5-15(10-12)19-2/h3-10,17-18H,11H2,1-2H3. The van der Waals surface area contributed by atoms with E-state index in [-0.39, 0.29) is 5.75 Å². The van der Waals surface area contributed by atoms with Crippen LogP contribution in [0.15, 0.2) is 48.5 Å². The van der Waals surface area contributed by atoms with Crippen molar-refractivity contribution in [2.24, 2.45) is 0 Å². The Labute approximate surface area is 113 Å². The molecule has 19 heavy (non-hydrogen) atoms. The fourth-order valence-electron chi connectivity index (χ4n) is 2.10. The largest absolute Gasteiger partial charge is 0.508 e. The summed E-state index contributed by atoms with van der Waals surface area (Å²) in [7, 11) is 1.62. The Kier molecular flexibility index (Phi) is 3.76. The molecule has 2 N–H and O–H groups in total. The van der Waals surface area contributed by atoms with E-state index in [1.54, 1.807) is 38.3 Å². The van der Waals surface area contributed by atoms with E-state index in [2.05, 4.69) is 0 Å². The molecule has 1 atom stereocenters. The molecule has 0 aliphatic heterocycles. The Morgan fingerprint density at radius 3 is 2.42 bits per heavy atom. The van der Waals surface area contributed by atoms with Gasteiger partial charge in [-0.2, -0.15) is 0 Å². The zero-order valence-corrected chi connectivity index (χ0v) is 11.1. The number of methoxy groups -OCH3 is 1. The van der Waals surface area contributed by atoms with Crippen molar-refractivity contribution in [3.63, 3.8) is 0 Å². The maximum absolute atomic E-state index is 10.6. The van der Waals surface area contributed by atoms with Crippen molar-refractivity contribution in [3.8, 4) is 11.5 Å². The Morgan fingerprint density at radius 2 is 1.79 bits per heavy atom. The molecule has 0 fully saturated rings. The summed E-state index contributed by atoms with van der Waals surface area (Å²) < 4.78 is 5.18. The quantitative estimate of drug-likeness (QED) is 0.886. The first-order chi connectivity index (χ1) is 9.01. The van der Waals surface area contributed by atoms with Gasteiger partial charge in [-0.3, -0.25) is 0 Å². The molecule has 0 bridgehead atoms. The summed E-state index contributed by atoms with van der Waals surface area (Å²) in [6.07, 6.45) is 0.481. The third kappa shape index (κ3) is 3.26. The van der Waals surface area contributed by atoms with Gasteiger partial charge in [0.2, 0.25) is 0 Å². The highest BCUT2D eigenvalue weighted by molar-refractivity contribution is 5.33. The molecule has 2 aromatic carbocycles. The van der Waals surface area contributed by atoms with E-state index in [1.165, 1.54) is 0 Å². The molecule has 2 aromatic rings. The lowest BCUT2D eigenvalue weighted by Gasteiger charge is -2.24. The molecule has 0 heterocycles. The van der Waals surface area contributed by atoms with Gasteiger partial charge in [0, 0.05) is 6.42 Å². The molecule has 0 saturated heterocycles. The minimum absolute atomic E-state index is 0.195. The third-order valence-electron chi connectivity index (χ3n) is 3.17. The number of ether oxygens (including phenoxy) is 1. The maximum atomic E-state index is 10.6. The average molecular weight is 258 g/mol. The van der Waals surface area contributed by atoms with Crippen molar-refractivity contribution >= 4 is 0 Å². The van der Waals surface area contributed by atoms with E-state index in [0.717, 1.165) is 16.9 Å². The van der Waals surface area contributed by atoms with E-state index in [9.17, 15) is 10.2 Å². The fraction of sp³-hybridized carbons (Fsp3) is 0.250. The lowest BCUT2D eigenvalue weighted by Crippen LogP contribution is -2.24. The summed E-state index contributed by atoms with van der Waals surface area (Å²) in [4.78, 5) is 0. The first-order valence-corrected chi connectivity index (χ1v) is 6.16. The number of phenolic OH excluding ortho intramolecular Hbond substituents is 1. The van der Waals surface area contributed by atoms with Crippen molar-refractivity contribution in [1.82, 2.24) is 0 Å². The Balaban J connectivity index is 2.22. The van der Waals surface area contributed by atoms with Crippen LogP contribution in [0.25, 0.3) is 0 Å². The maximum Gasteiger partial charge on any atom is 0.119 e. The molecule has 2 rings (SSSR count). The number of phenols is 1.